The molecule has 0 spiro atoms. The van der Waals surface area contributed by atoms with E-state index < -0.39 is 4.92 Å². The zero-order valence-electron chi connectivity index (χ0n) is 10.3. The highest BCUT2D eigenvalue weighted by Gasteiger charge is 2.29. The van der Waals surface area contributed by atoms with E-state index in [1.54, 1.807) is 4.90 Å². The van der Waals surface area contributed by atoms with Crippen molar-refractivity contribution in [1.29, 1.82) is 0 Å². The third kappa shape index (κ3) is 2.85. The maximum atomic E-state index is 12.4. The Bertz CT molecular complexity index is 520. The van der Waals surface area contributed by atoms with Gasteiger partial charge in [-0.3, -0.25) is 14.9 Å². The molecule has 0 aromatic heterocycles. The molecule has 1 unspecified atom stereocenters. The fraction of sp³-hybridized carbons (Fsp3) is 0.417. The normalized spacial score (nSPS) is 19.3. The van der Waals surface area contributed by atoms with E-state index in [0.29, 0.717) is 19.8 Å². The number of amides is 1. The molecule has 102 valence electrons. The monoisotopic (exact) mass is 284 g/mol. The highest BCUT2D eigenvalue weighted by Crippen LogP contribution is 2.25. The molecule has 1 saturated heterocycles. The van der Waals surface area contributed by atoms with Crippen molar-refractivity contribution >= 4 is 23.2 Å². The van der Waals surface area contributed by atoms with Gasteiger partial charge in [-0.25, -0.2) is 0 Å². The minimum absolute atomic E-state index is 0.0585. The smallest absolute Gasteiger partial charge is 0.283 e. The minimum Gasteiger partial charge on any atom is -0.377 e. The van der Waals surface area contributed by atoms with Crippen LogP contribution in [0.15, 0.2) is 18.2 Å². The molecule has 0 radical (unpaired) electrons. The second-order valence-corrected chi connectivity index (χ2v) is 4.78. The summed E-state index contributed by atoms with van der Waals surface area (Å²) in [6, 6.07) is 3.97. The van der Waals surface area contributed by atoms with Gasteiger partial charge >= 0.3 is 0 Å². The Hall–Kier alpha value is -1.66. The molecule has 0 aliphatic carbocycles. The molecule has 0 saturated carbocycles. The molecule has 1 aromatic rings. The topological polar surface area (TPSA) is 72.7 Å². The number of hydrogen-bond donors (Lipinski definition) is 0. The third-order valence-electron chi connectivity index (χ3n) is 3.02. The standard InChI is InChI=1S/C12H13ClN2O4/c1-8-7-19-5-4-14(8)12(16)10-3-2-9(13)6-11(10)15(17)18/h2-3,6,8H,4-5,7H2,1H3. The molecule has 1 atom stereocenters. The Labute approximate surface area is 115 Å². The van der Waals surface area contributed by atoms with Gasteiger partial charge in [0.1, 0.15) is 5.56 Å². The van der Waals surface area contributed by atoms with Gasteiger partial charge in [-0.2, -0.15) is 0 Å². The van der Waals surface area contributed by atoms with Crippen molar-refractivity contribution < 1.29 is 14.5 Å². The van der Waals surface area contributed by atoms with E-state index in [4.69, 9.17) is 16.3 Å². The molecule has 19 heavy (non-hydrogen) atoms. The van der Waals surface area contributed by atoms with Crippen LogP contribution in [-0.2, 0) is 4.74 Å². The fourth-order valence-electron chi connectivity index (χ4n) is 2.02. The molecule has 1 aliphatic rings. The molecule has 6 nitrogen and oxygen atoms in total. The zero-order valence-corrected chi connectivity index (χ0v) is 11.1. The first-order valence-electron chi connectivity index (χ1n) is 5.83. The zero-order chi connectivity index (χ0) is 14.0. The van der Waals surface area contributed by atoms with Crippen molar-refractivity contribution in [3.05, 3.63) is 38.9 Å². The van der Waals surface area contributed by atoms with Crippen molar-refractivity contribution in [3.63, 3.8) is 0 Å². The number of ether oxygens (including phenoxy) is 1. The second kappa shape index (κ2) is 5.54. The van der Waals surface area contributed by atoms with Crippen molar-refractivity contribution in [3.8, 4) is 0 Å². The largest absolute Gasteiger partial charge is 0.377 e. The lowest BCUT2D eigenvalue weighted by Crippen LogP contribution is -2.47. The molecule has 0 N–H and O–H groups in total. The van der Waals surface area contributed by atoms with Gasteiger partial charge in [0.25, 0.3) is 11.6 Å². The summed E-state index contributed by atoms with van der Waals surface area (Å²) in [6.07, 6.45) is 0. The van der Waals surface area contributed by atoms with Gasteiger partial charge in [0.05, 0.1) is 24.2 Å². The van der Waals surface area contributed by atoms with Crippen LogP contribution in [0.1, 0.15) is 17.3 Å². The van der Waals surface area contributed by atoms with E-state index >= 15 is 0 Å². The van der Waals surface area contributed by atoms with Crippen LogP contribution in [0, 0.1) is 10.1 Å². The molecule has 1 aliphatic heterocycles. The Balaban J connectivity index is 2.35. The summed E-state index contributed by atoms with van der Waals surface area (Å²) in [5, 5.41) is 11.2. The van der Waals surface area contributed by atoms with Gasteiger partial charge in [-0.1, -0.05) is 11.6 Å². The van der Waals surface area contributed by atoms with Crippen molar-refractivity contribution in [1.82, 2.24) is 4.90 Å². The lowest BCUT2D eigenvalue weighted by molar-refractivity contribution is -0.385. The number of rotatable bonds is 2. The first-order valence-corrected chi connectivity index (χ1v) is 6.21. The number of carbonyl (C=O) groups is 1. The molecule has 1 amide bonds. The van der Waals surface area contributed by atoms with E-state index in [2.05, 4.69) is 0 Å². The lowest BCUT2D eigenvalue weighted by atomic mass is 10.1. The molecular weight excluding hydrogens is 272 g/mol. The molecule has 1 fully saturated rings. The first-order chi connectivity index (χ1) is 9.00. The summed E-state index contributed by atoms with van der Waals surface area (Å²) in [6.45, 7) is 3.16. The highest BCUT2D eigenvalue weighted by molar-refractivity contribution is 6.31. The predicted octanol–water partition coefficient (Wildman–Crippen LogP) is 2.11. The summed E-state index contributed by atoms with van der Waals surface area (Å²) in [4.78, 5) is 24.4. The van der Waals surface area contributed by atoms with Crippen LogP contribution < -0.4 is 0 Å². The van der Waals surface area contributed by atoms with Crippen LogP contribution in [0.3, 0.4) is 0 Å². The molecular formula is C12H13ClN2O4. The summed E-state index contributed by atoms with van der Waals surface area (Å²) < 4.78 is 5.25. The van der Waals surface area contributed by atoms with Crippen LogP contribution in [-0.4, -0.2) is 41.5 Å². The summed E-state index contributed by atoms with van der Waals surface area (Å²) in [5.74, 6) is -0.362. The summed E-state index contributed by atoms with van der Waals surface area (Å²) in [7, 11) is 0. The Morgan fingerprint density at radius 3 is 2.95 bits per heavy atom. The van der Waals surface area contributed by atoms with E-state index in [-0.39, 0.29) is 28.2 Å². The van der Waals surface area contributed by atoms with Crippen molar-refractivity contribution in [2.75, 3.05) is 19.8 Å². The van der Waals surface area contributed by atoms with Gasteiger partial charge in [0, 0.05) is 17.6 Å². The molecule has 0 bridgehead atoms. The van der Waals surface area contributed by atoms with Crippen molar-refractivity contribution in [2.45, 2.75) is 13.0 Å². The SMILES string of the molecule is CC1COCCN1C(=O)c1ccc(Cl)cc1[N+](=O)[O-]. The number of morpholine rings is 1. The molecule has 2 rings (SSSR count). The van der Waals surface area contributed by atoms with Gasteiger partial charge in [-0.15, -0.1) is 0 Å². The van der Waals surface area contributed by atoms with Crippen molar-refractivity contribution in [2.24, 2.45) is 0 Å². The number of halogens is 1. The van der Waals surface area contributed by atoms with Crippen LogP contribution in [0.4, 0.5) is 5.69 Å². The van der Waals surface area contributed by atoms with Crippen LogP contribution in [0.25, 0.3) is 0 Å². The average Bonchev–Trinajstić information content (AvgIpc) is 2.38. The van der Waals surface area contributed by atoms with Gasteiger partial charge in [0.15, 0.2) is 0 Å². The third-order valence-corrected chi connectivity index (χ3v) is 3.25. The van der Waals surface area contributed by atoms with Crippen LogP contribution in [0.5, 0.6) is 0 Å². The number of nitrogens with zero attached hydrogens (tertiary/aromatic N) is 2. The molecule has 1 heterocycles. The van der Waals surface area contributed by atoms with E-state index in [1.165, 1.54) is 18.2 Å². The van der Waals surface area contributed by atoms with Crippen LogP contribution in [0.2, 0.25) is 5.02 Å². The number of carbonyl (C=O) groups excluding carboxylic acids is 1. The maximum Gasteiger partial charge on any atom is 0.283 e. The summed E-state index contributed by atoms with van der Waals surface area (Å²) in [5.41, 5.74) is -0.209. The molecule has 1 aromatic carbocycles. The highest BCUT2D eigenvalue weighted by atomic mass is 35.5. The number of nitro benzene ring substituents is 1. The second-order valence-electron chi connectivity index (χ2n) is 4.34. The maximum absolute atomic E-state index is 12.4. The minimum atomic E-state index is -0.593. The van der Waals surface area contributed by atoms with E-state index in [9.17, 15) is 14.9 Å². The quantitative estimate of drug-likeness (QED) is 0.616. The lowest BCUT2D eigenvalue weighted by Gasteiger charge is -2.33. The Kier molecular flexibility index (Phi) is 4.01. The van der Waals surface area contributed by atoms with Gasteiger partial charge in [0.2, 0.25) is 0 Å². The number of benzene rings is 1. The van der Waals surface area contributed by atoms with E-state index in [1.807, 2.05) is 6.92 Å². The average molecular weight is 285 g/mol. The van der Waals surface area contributed by atoms with E-state index in [0.717, 1.165) is 0 Å². The number of nitro groups is 1. The number of hydrogen-bond acceptors (Lipinski definition) is 4. The first kappa shape index (κ1) is 13.8. The van der Waals surface area contributed by atoms with Gasteiger partial charge < -0.3 is 9.64 Å². The predicted molar refractivity (Wildman–Crippen MR) is 69.4 cm³/mol. The summed E-state index contributed by atoms with van der Waals surface area (Å²) >= 11 is 5.73. The Morgan fingerprint density at radius 1 is 1.58 bits per heavy atom. The molecule has 7 heteroatoms. The Morgan fingerprint density at radius 2 is 2.32 bits per heavy atom. The van der Waals surface area contributed by atoms with Gasteiger partial charge in [-0.05, 0) is 19.1 Å². The van der Waals surface area contributed by atoms with Crippen LogP contribution >= 0.6 is 11.6 Å². The fourth-order valence-corrected chi connectivity index (χ4v) is 2.19.